The van der Waals surface area contributed by atoms with Crippen molar-refractivity contribution >= 4 is 25.5 Å². The molecule has 0 saturated heterocycles. The van der Waals surface area contributed by atoms with E-state index in [-0.39, 0.29) is 30.4 Å². The molecule has 0 aliphatic carbocycles. The molecule has 0 bridgehead atoms. The highest BCUT2D eigenvalue weighted by Crippen LogP contribution is 2.35. The predicted octanol–water partition coefficient (Wildman–Crippen LogP) is 3.77. The molecule has 0 aromatic heterocycles. The van der Waals surface area contributed by atoms with E-state index in [1.165, 1.54) is 0 Å². The van der Waals surface area contributed by atoms with E-state index in [1.807, 2.05) is 18.2 Å². The van der Waals surface area contributed by atoms with Crippen molar-refractivity contribution in [3.05, 3.63) is 71.3 Å². The fourth-order valence-corrected chi connectivity index (χ4v) is 4.46. The van der Waals surface area contributed by atoms with Crippen LogP contribution in [0.15, 0.2) is 54.6 Å². The first-order valence-corrected chi connectivity index (χ1v) is 12.6. The highest BCUT2D eigenvalue weighted by Gasteiger charge is 2.55. The minimum atomic E-state index is -4.00. The Balaban J connectivity index is 1.64. The molecule has 0 fully saturated rings. The molecule has 0 spiro atoms. The molecule has 1 aliphatic heterocycles. The minimum absolute atomic E-state index is 0.00156. The van der Waals surface area contributed by atoms with Crippen LogP contribution in [0.1, 0.15) is 58.4 Å². The third kappa shape index (κ3) is 6.36. The topological polar surface area (TPSA) is 130 Å². The number of hydrogen-bond donors (Lipinski definition) is 3. The number of benzene rings is 2. The number of amides is 3. The first kappa shape index (κ1) is 24.8. The van der Waals surface area contributed by atoms with Gasteiger partial charge in [0.1, 0.15) is 13.2 Å². The van der Waals surface area contributed by atoms with E-state index in [1.54, 1.807) is 36.4 Å². The summed E-state index contributed by atoms with van der Waals surface area (Å²) in [5, 5.41) is 0. The molecule has 2 aromatic rings. The van der Waals surface area contributed by atoms with Gasteiger partial charge in [-0.1, -0.05) is 59.9 Å². The lowest BCUT2D eigenvalue weighted by Crippen LogP contribution is -2.64. The van der Waals surface area contributed by atoms with Crippen LogP contribution in [0.25, 0.3) is 0 Å². The number of fused-ring (bicyclic) bond motifs is 1. The Morgan fingerprint density at radius 2 is 1.39 bits per heavy atom. The van der Waals surface area contributed by atoms with Crippen molar-refractivity contribution in [2.75, 3.05) is 12.7 Å². The van der Waals surface area contributed by atoms with Crippen molar-refractivity contribution < 1.29 is 38.1 Å². The first-order valence-electron chi connectivity index (χ1n) is 10.8. The van der Waals surface area contributed by atoms with E-state index < -0.39 is 30.1 Å². The van der Waals surface area contributed by atoms with Gasteiger partial charge in [0.15, 0.2) is 0 Å². The zero-order chi connectivity index (χ0) is 23.9. The van der Waals surface area contributed by atoms with E-state index in [4.69, 9.17) is 14.5 Å². The van der Waals surface area contributed by atoms with Crippen LogP contribution in [0.2, 0.25) is 0 Å². The molecule has 3 rings (SSSR count). The van der Waals surface area contributed by atoms with Crippen LogP contribution in [-0.4, -0.2) is 45.0 Å². The SMILES string of the molecule is O=C(N[N+]1(CCCCCCCP(=O)(O)O)C(=O)c2ccccc2C1=O)OCc1ccccc1. The highest BCUT2D eigenvalue weighted by atomic mass is 31.2. The molecule has 0 atom stereocenters. The zero-order valence-electron chi connectivity index (χ0n) is 18.2. The second-order valence-electron chi connectivity index (χ2n) is 8.02. The van der Waals surface area contributed by atoms with E-state index >= 15 is 0 Å². The fraction of sp³-hybridized carbons (Fsp3) is 0.348. The summed E-state index contributed by atoms with van der Waals surface area (Å²) >= 11 is 0. The molecular formula is C23H28N2O7P+. The normalized spacial score (nSPS) is 14.7. The molecule has 3 amide bonds. The Morgan fingerprint density at radius 1 is 0.848 bits per heavy atom. The molecule has 10 heteroatoms. The number of carbonyl (C=O) groups excluding carboxylic acids is 3. The molecule has 1 heterocycles. The average Bonchev–Trinajstić information content (AvgIpc) is 2.99. The maximum atomic E-state index is 13.2. The van der Waals surface area contributed by atoms with Gasteiger partial charge in [-0.05, 0) is 37.0 Å². The molecule has 0 saturated carbocycles. The van der Waals surface area contributed by atoms with Gasteiger partial charge in [0, 0.05) is 6.16 Å². The maximum absolute atomic E-state index is 13.2. The van der Waals surface area contributed by atoms with Gasteiger partial charge in [0.05, 0.1) is 11.1 Å². The molecule has 0 radical (unpaired) electrons. The Bertz CT molecular complexity index is 1020. The minimum Gasteiger partial charge on any atom is -0.442 e. The lowest BCUT2D eigenvalue weighted by atomic mass is 10.1. The molecule has 0 unspecified atom stereocenters. The fourth-order valence-electron chi connectivity index (χ4n) is 3.83. The number of nitrogens with one attached hydrogen (secondary N) is 1. The Kier molecular flexibility index (Phi) is 8.15. The monoisotopic (exact) mass is 475 g/mol. The second kappa shape index (κ2) is 10.9. The summed E-state index contributed by atoms with van der Waals surface area (Å²) in [5.74, 6) is -1.01. The van der Waals surface area contributed by atoms with Gasteiger partial charge < -0.3 is 14.5 Å². The molecule has 1 aliphatic rings. The number of rotatable bonds is 11. The van der Waals surface area contributed by atoms with E-state index in [0.29, 0.717) is 32.1 Å². The average molecular weight is 475 g/mol. The lowest BCUT2D eigenvalue weighted by Gasteiger charge is -2.27. The molecular weight excluding hydrogens is 447 g/mol. The predicted molar refractivity (Wildman–Crippen MR) is 120 cm³/mol. The number of quaternary nitrogens is 1. The van der Waals surface area contributed by atoms with Crippen molar-refractivity contribution in [1.82, 2.24) is 5.43 Å². The summed E-state index contributed by atoms with van der Waals surface area (Å²) in [5.41, 5.74) is 3.79. The number of nitrogens with zero attached hydrogens (tertiary/aromatic N) is 1. The van der Waals surface area contributed by atoms with Crippen LogP contribution in [0.5, 0.6) is 0 Å². The lowest BCUT2D eigenvalue weighted by molar-refractivity contribution is -0.802. The molecule has 9 nitrogen and oxygen atoms in total. The molecule has 33 heavy (non-hydrogen) atoms. The van der Waals surface area contributed by atoms with Gasteiger partial charge in [-0.2, -0.15) is 0 Å². The summed E-state index contributed by atoms with van der Waals surface area (Å²) in [6, 6.07) is 15.5. The smallest absolute Gasteiger partial charge is 0.442 e. The quantitative estimate of drug-likeness (QED) is 0.195. The Hall–Kier alpha value is -2.84. The van der Waals surface area contributed by atoms with E-state index in [9.17, 15) is 18.9 Å². The van der Waals surface area contributed by atoms with Gasteiger partial charge in [0.25, 0.3) is 0 Å². The van der Waals surface area contributed by atoms with Crippen LogP contribution < -0.4 is 5.43 Å². The first-order chi connectivity index (χ1) is 15.7. The van der Waals surface area contributed by atoms with Crippen LogP contribution in [0, 0.1) is 0 Å². The van der Waals surface area contributed by atoms with Crippen LogP contribution >= 0.6 is 7.60 Å². The highest BCUT2D eigenvalue weighted by molar-refractivity contribution is 7.51. The van der Waals surface area contributed by atoms with Gasteiger partial charge in [-0.25, -0.2) is 14.4 Å². The van der Waals surface area contributed by atoms with Crippen LogP contribution in [0.4, 0.5) is 4.79 Å². The van der Waals surface area contributed by atoms with E-state index in [0.717, 1.165) is 5.56 Å². The van der Waals surface area contributed by atoms with Crippen molar-refractivity contribution in [2.24, 2.45) is 0 Å². The molecule has 176 valence electrons. The summed E-state index contributed by atoms with van der Waals surface area (Å²) in [7, 11) is -4.00. The summed E-state index contributed by atoms with van der Waals surface area (Å²) in [4.78, 5) is 56.8. The third-order valence-electron chi connectivity index (χ3n) is 5.52. The summed E-state index contributed by atoms with van der Waals surface area (Å²) in [6.07, 6.45) is 1.79. The number of imide groups is 1. The van der Waals surface area contributed by atoms with Gasteiger partial charge in [0.2, 0.25) is 0 Å². The van der Waals surface area contributed by atoms with Gasteiger partial charge >= 0.3 is 25.5 Å². The summed E-state index contributed by atoms with van der Waals surface area (Å²) in [6.45, 7) is 0.0624. The number of unbranched alkanes of at least 4 members (excludes halogenated alkanes) is 4. The molecule has 2 aromatic carbocycles. The number of carbonyl (C=O) groups is 3. The van der Waals surface area contributed by atoms with Crippen molar-refractivity contribution in [2.45, 2.75) is 38.7 Å². The largest absolute Gasteiger partial charge is 0.453 e. The van der Waals surface area contributed by atoms with Crippen molar-refractivity contribution in [3.63, 3.8) is 0 Å². The number of hydrogen-bond acceptors (Lipinski definition) is 5. The Morgan fingerprint density at radius 3 is 2.00 bits per heavy atom. The zero-order valence-corrected chi connectivity index (χ0v) is 19.1. The second-order valence-corrected chi connectivity index (χ2v) is 9.80. The maximum Gasteiger partial charge on any atom is 0.453 e. The molecule has 3 N–H and O–H groups in total. The van der Waals surface area contributed by atoms with Crippen LogP contribution in [-0.2, 0) is 15.9 Å². The van der Waals surface area contributed by atoms with E-state index in [2.05, 4.69) is 5.43 Å². The van der Waals surface area contributed by atoms with Crippen LogP contribution in [0.3, 0.4) is 0 Å². The number of ether oxygens (including phenoxy) is 1. The van der Waals surface area contributed by atoms with Crippen molar-refractivity contribution in [1.29, 1.82) is 0 Å². The van der Waals surface area contributed by atoms with Gasteiger partial charge in [-0.15, -0.1) is 5.43 Å². The van der Waals surface area contributed by atoms with Gasteiger partial charge in [-0.3, -0.25) is 4.57 Å². The third-order valence-corrected chi connectivity index (χ3v) is 6.42. The standard InChI is InChI=1S/C23H27N2O7P/c26-21-19-13-7-8-14-20(19)22(27)25(21,15-9-2-1-3-10-16-33(29,30)31)24-23(28)32-17-18-11-5-4-6-12-18/h4-8,11-14H,1-3,9-10,15-17H2,(H2-,24,28,29,30,31)/p+1. The summed E-state index contributed by atoms with van der Waals surface area (Å²) < 4.78 is 15.3. The Labute approximate surface area is 192 Å². The van der Waals surface area contributed by atoms with Crippen molar-refractivity contribution in [3.8, 4) is 0 Å².